The van der Waals surface area contributed by atoms with Crippen LogP contribution in [0.25, 0.3) is 10.8 Å². The Bertz CT molecular complexity index is 1420. The van der Waals surface area contributed by atoms with Crippen molar-refractivity contribution in [2.75, 3.05) is 0 Å². The zero-order chi connectivity index (χ0) is 22.1. The third-order valence-electron chi connectivity index (χ3n) is 5.46. The van der Waals surface area contributed by atoms with E-state index in [4.69, 9.17) is 27.9 Å². The number of allylic oxidation sites excluding steroid dienone is 1. The monoisotopic (exact) mass is 454 g/mol. The summed E-state index contributed by atoms with van der Waals surface area (Å²) >= 11 is 12.8. The van der Waals surface area contributed by atoms with Gasteiger partial charge in [0.15, 0.2) is 0 Å². The van der Waals surface area contributed by atoms with Crippen LogP contribution in [0.5, 0.6) is 5.75 Å². The van der Waals surface area contributed by atoms with Crippen LogP contribution < -0.4 is 4.74 Å². The van der Waals surface area contributed by atoms with Gasteiger partial charge in [-0.25, -0.2) is 4.99 Å². The summed E-state index contributed by atoms with van der Waals surface area (Å²) in [5, 5.41) is 13.1. The molecule has 5 heteroatoms. The topological polar surface area (TPSA) is 45.4 Å². The highest BCUT2D eigenvalue weighted by molar-refractivity contribution is 6.36. The lowest BCUT2D eigenvalue weighted by Gasteiger charge is -2.28. The van der Waals surface area contributed by atoms with E-state index in [1.807, 2.05) is 84.9 Å². The Morgan fingerprint density at radius 2 is 1.56 bits per heavy atom. The molecule has 0 aromatic heterocycles. The lowest BCUT2D eigenvalue weighted by Crippen LogP contribution is -2.16. The number of nitriles is 1. The second-order valence-corrected chi connectivity index (χ2v) is 8.25. The van der Waals surface area contributed by atoms with Crippen molar-refractivity contribution < 1.29 is 4.74 Å². The SMILES string of the molecule is N#CC1=C(/N=C/c2ccccc2)Oc2c(cc(Cl)c3ccccc23)C1c1ccc(Cl)cc1. The zero-order valence-corrected chi connectivity index (χ0v) is 18.3. The highest BCUT2D eigenvalue weighted by atomic mass is 35.5. The number of fused-ring (bicyclic) bond motifs is 3. The van der Waals surface area contributed by atoms with E-state index in [0.29, 0.717) is 21.4 Å². The summed E-state index contributed by atoms with van der Waals surface area (Å²) in [7, 11) is 0. The van der Waals surface area contributed by atoms with Gasteiger partial charge in [0.2, 0.25) is 5.88 Å². The van der Waals surface area contributed by atoms with Crippen LogP contribution in [0.15, 0.2) is 101 Å². The fourth-order valence-electron chi connectivity index (χ4n) is 3.97. The third-order valence-corrected chi connectivity index (χ3v) is 6.02. The molecular formula is C27H16Cl2N2O. The van der Waals surface area contributed by atoms with E-state index in [0.717, 1.165) is 27.5 Å². The number of ether oxygens (including phenoxy) is 1. The lowest BCUT2D eigenvalue weighted by atomic mass is 9.82. The van der Waals surface area contributed by atoms with Crippen molar-refractivity contribution in [3.05, 3.63) is 123 Å². The summed E-state index contributed by atoms with van der Waals surface area (Å²) in [6, 6.07) is 29.2. The summed E-state index contributed by atoms with van der Waals surface area (Å²) in [6.07, 6.45) is 1.70. The molecule has 1 aliphatic heterocycles. The second-order valence-electron chi connectivity index (χ2n) is 7.41. The second kappa shape index (κ2) is 8.51. The number of halogens is 2. The van der Waals surface area contributed by atoms with Crippen molar-refractivity contribution in [2.24, 2.45) is 4.99 Å². The molecule has 0 saturated heterocycles. The first-order chi connectivity index (χ1) is 15.7. The average molecular weight is 455 g/mol. The van der Waals surface area contributed by atoms with Gasteiger partial charge >= 0.3 is 0 Å². The first kappa shape index (κ1) is 20.3. The Labute approximate surface area is 195 Å². The molecule has 0 radical (unpaired) electrons. The van der Waals surface area contributed by atoms with Gasteiger partial charge in [-0.05, 0) is 29.3 Å². The van der Waals surface area contributed by atoms with Crippen molar-refractivity contribution in [1.29, 1.82) is 5.26 Å². The summed E-state index contributed by atoms with van der Waals surface area (Å²) in [5.74, 6) is 0.548. The fourth-order valence-corrected chi connectivity index (χ4v) is 4.37. The van der Waals surface area contributed by atoms with E-state index < -0.39 is 0 Å². The number of rotatable bonds is 3. The molecule has 0 N–H and O–H groups in total. The minimum absolute atomic E-state index is 0.274. The van der Waals surface area contributed by atoms with Crippen LogP contribution in [-0.2, 0) is 0 Å². The van der Waals surface area contributed by atoms with Gasteiger partial charge in [0.05, 0.1) is 5.92 Å². The van der Waals surface area contributed by atoms with Gasteiger partial charge < -0.3 is 4.74 Å². The molecule has 0 fully saturated rings. The molecule has 0 saturated carbocycles. The first-order valence-electron chi connectivity index (χ1n) is 10.0. The average Bonchev–Trinajstić information content (AvgIpc) is 2.83. The van der Waals surface area contributed by atoms with Crippen molar-refractivity contribution in [3.8, 4) is 11.8 Å². The summed E-state index contributed by atoms with van der Waals surface area (Å²) in [4.78, 5) is 4.58. The quantitative estimate of drug-likeness (QED) is 0.300. The van der Waals surface area contributed by atoms with Gasteiger partial charge in [-0.1, -0.05) is 89.9 Å². The van der Waals surface area contributed by atoms with Gasteiger partial charge in [0.25, 0.3) is 0 Å². The van der Waals surface area contributed by atoms with Crippen LogP contribution >= 0.6 is 23.2 Å². The van der Waals surface area contributed by atoms with Crippen molar-refractivity contribution in [3.63, 3.8) is 0 Å². The summed E-state index contributed by atoms with van der Waals surface area (Å²) in [5.41, 5.74) is 3.06. The summed E-state index contributed by atoms with van der Waals surface area (Å²) in [6.45, 7) is 0. The number of benzene rings is 4. The molecule has 1 aliphatic rings. The predicted octanol–water partition coefficient (Wildman–Crippen LogP) is 7.53. The van der Waals surface area contributed by atoms with E-state index in [2.05, 4.69) is 11.1 Å². The van der Waals surface area contributed by atoms with Crippen LogP contribution in [0.1, 0.15) is 22.6 Å². The maximum Gasteiger partial charge on any atom is 0.234 e. The highest BCUT2D eigenvalue weighted by Crippen LogP contribution is 2.48. The standard InChI is InChI=1S/C27H16Cl2N2O/c28-19-12-10-18(11-13-19)25-22-14-24(29)20-8-4-5-9-21(20)26(22)32-27(23(25)15-30)31-16-17-6-2-1-3-7-17/h1-14,16,25H/b31-16+. The molecule has 3 nitrogen and oxygen atoms in total. The normalized spacial score (nSPS) is 15.5. The minimum atomic E-state index is -0.383. The smallest absolute Gasteiger partial charge is 0.234 e. The van der Waals surface area contributed by atoms with Gasteiger partial charge in [-0.15, -0.1) is 0 Å². The Morgan fingerprint density at radius 3 is 2.28 bits per heavy atom. The molecule has 0 aliphatic carbocycles. The van der Waals surface area contributed by atoms with E-state index in [1.165, 1.54) is 0 Å². The molecule has 0 spiro atoms. The Balaban J connectivity index is 1.75. The lowest BCUT2D eigenvalue weighted by molar-refractivity contribution is 0.400. The van der Waals surface area contributed by atoms with Crippen molar-refractivity contribution in [2.45, 2.75) is 5.92 Å². The molecule has 4 aromatic carbocycles. The van der Waals surface area contributed by atoms with Crippen LogP contribution in [0.3, 0.4) is 0 Å². The van der Waals surface area contributed by atoms with Crippen LogP contribution in [0, 0.1) is 11.3 Å². The molecule has 1 heterocycles. The van der Waals surface area contributed by atoms with E-state index >= 15 is 0 Å². The predicted molar refractivity (Wildman–Crippen MR) is 130 cm³/mol. The fraction of sp³-hybridized carbons (Fsp3) is 0.0370. The molecule has 0 amide bonds. The highest BCUT2D eigenvalue weighted by Gasteiger charge is 2.33. The van der Waals surface area contributed by atoms with Gasteiger partial charge in [0, 0.05) is 32.6 Å². The molecule has 32 heavy (non-hydrogen) atoms. The van der Waals surface area contributed by atoms with E-state index in [-0.39, 0.29) is 11.8 Å². The van der Waals surface area contributed by atoms with Gasteiger partial charge in [-0.2, -0.15) is 5.26 Å². The number of hydrogen-bond acceptors (Lipinski definition) is 3. The molecule has 4 aromatic rings. The van der Waals surface area contributed by atoms with Crippen molar-refractivity contribution in [1.82, 2.24) is 0 Å². The van der Waals surface area contributed by atoms with Crippen molar-refractivity contribution >= 4 is 40.2 Å². The minimum Gasteiger partial charge on any atom is -0.437 e. The van der Waals surface area contributed by atoms with Gasteiger partial charge in [-0.3, -0.25) is 0 Å². The van der Waals surface area contributed by atoms with Gasteiger partial charge in [0.1, 0.15) is 17.4 Å². The van der Waals surface area contributed by atoms with Crippen LogP contribution in [-0.4, -0.2) is 6.21 Å². The molecule has 1 unspecified atom stereocenters. The molecule has 154 valence electrons. The number of nitrogens with zero attached hydrogens (tertiary/aromatic N) is 2. The molecule has 5 rings (SSSR count). The maximum atomic E-state index is 10.1. The molecular weight excluding hydrogens is 439 g/mol. The molecule has 1 atom stereocenters. The Hall–Kier alpha value is -3.58. The van der Waals surface area contributed by atoms with E-state index in [9.17, 15) is 5.26 Å². The largest absolute Gasteiger partial charge is 0.437 e. The van der Waals surface area contributed by atoms with E-state index in [1.54, 1.807) is 6.21 Å². The third kappa shape index (κ3) is 3.65. The van der Waals surface area contributed by atoms with Crippen LogP contribution in [0.2, 0.25) is 10.0 Å². The Morgan fingerprint density at radius 1 is 0.875 bits per heavy atom. The van der Waals surface area contributed by atoms with Crippen LogP contribution in [0.4, 0.5) is 0 Å². The Kier molecular flexibility index (Phi) is 5.41. The number of aliphatic imine (C=N–C) groups is 1. The number of hydrogen-bond donors (Lipinski definition) is 0. The summed E-state index contributed by atoms with van der Waals surface area (Å²) < 4.78 is 6.28. The maximum absolute atomic E-state index is 10.1. The molecule has 0 bridgehead atoms. The zero-order valence-electron chi connectivity index (χ0n) is 16.8. The first-order valence-corrected chi connectivity index (χ1v) is 10.8.